The van der Waals surface area contributed by atoms with Crippen LogP contribution in [0.4, 0.5) is 0 Å². The van der Waals surface area contributed by atoms with Crippen molar-refractivity contribution >= 4 is 0 Å². The van der Waals surface area contributed by atoms with Gasteiger partial charge in [-0.1, -0.05) is 0 Å². The van der Waals surface area contributed by atoms with E-state index in [0.29, 0.717) is 0 Å². The summed E-state index contributed by atoms with van der Waals surface area (Å²) in [7, 11) is 0. The summed E-state index contributed by atoms with van der Waals surface area (Å²) in [5.74, 6) is 0. The standard InChI is InChI=1S/C18H32O16/c19-1-4-7(22)8(23)12(27)17(31-4)34-15-6(3-21)32-18(13(28)10(15)25)33-14-5(2-20)30-16(29)11(26)9(14)24/h4-29H,1-3H2/t4-,5+,6+,7-,8+,9-,10-,11+,12-,13+,14+,15-,16-,17+,18-/m0/s1. The molecule has 0 amide bonds. The molecular formula is C18H32O16. The molecule has 0 spiro atoms. The Labute approximate surface area is 192 Å². The molecule has 0 radical (unpaired) electrons. The number of hydrogen-bond donors (Lipinski definition) is 11. The van der Waals surface area contributed by atoms with Crippen LogP contribution in [0.1, 0.15) is 0 Å². The number of aliphatic hydroxyl groups excluding tert-OH is 11. The molecule has 3 rings (SSSR count). The number of ether oxygens (including phenoxy) is 5. The summed E-state index contributed by atoms with van der Waals surface area (Å²) in [5, 5.41) is 109. The molecule has 11 N–H and O–H groups in total. The molecule has 3 fully saturated rings. The van der Waals surface area contributed by atoms with Gasteiger partial charge in [-0.2, -0.15) is 0 Å². The molecule has 0 aromatic heterocycles. The Bertz CT molecular complexity index is 635. The minimum absolute atomic E-state index is 0.741. The summed E-state index contributed by atoms with van der Waals surface area (Å²) >= 11 is 0. The first-order valence-electron chi connectivity index (χ1n) is 10.6. The zero-order chi connectivity index (χ0) is 25.3. The van der Waals surface area contributed by atoms with E-state index in [9.17, 15) is 56.2 Å². The molecule has 0 aromatic rings. The zero-order valence-electron chi connectivity index (χ0n) is 17.7. The molecule has 3 heterocycles. The van der Waals surface area contributed by atoms with Gasteiger partial charge in [-0.15, -0.1) is 0 Å². The van der Waals surface area contributed by atoms with E-state index in [1.807, 2.05) is 0 Å². The first kappa shape index (κ1) is 27.9. The van der Waals surface area contributed by atoms with Gasteiger partial charge in [0.15, 0.2) is 18.9 Å². The van der Waals surface area contributed by atoms with Gasteiger partial charge in [0.1, 0.15) is 73.2 Å². The fourth-order valence-electron chi connectivity index (χ4n) is 4.06. The van der Waals surface area contributed by atoms with Gasteiger partial charge in [0.2, 0.25) is 0 Å². The second-order valence-corrected chi connectivity index (χ2v) is 8.33. The van der Waals surface area contributed by atoms with Crippen LogP contribution in [0.25, 0.3) is 0 Å². The van der Waals surface area contributed by atoms with Gasteiger partial charge in [-0.3, -0.25) is 0 Å². The monoisotopic (exact) mass is 504 g/mol. The molecule has 16 nitrogen and oxygen atoms in total. The number of rotatable bonds is 7. The fourth-order valence-corrected chi connectivity index (χ4v) is 4.06. The number of aliphatic hydroxyl groups is 11. The molecule has 15 atom stereocenters. The van der Waals surface area contributed by atoms with Gasteiger partial charge < -0.3 is 79.9 Å². The summed E-state index contributed by atoms with van der Waals surface area (Å²) in [6.07, 6.45) is -25.1. The van der Waals surface area contributed by atoms with Crippen LogP contribution in [0, 0.1) is 0 Å². The molecule has 3 aliphatic rings. The first-order chi connectivity index (χ1) is 16.0. The van der Waals surface area contributed by atoms with Gasteiger partial charge in [0.25, 0.3) is 0 Å². The van der Waals surface area contributed by atoms with Crippen LogP contribution >= 0.6 is 0 Å². The minimum Gasteiger partial charge on any atom is -0.394 e. The molecule has 16 heteroatoms. The molecule has 3 saturated heterocycles. The van der Waals surface area contributed by atoms with Crippen LogP contribution in [0.15, 0.2) is 0 Å². The van der Waals surface area contributed by atoms with Gasteiger partial charge in [0.05, 0.1) is 19.8 Å². The SMILES string of the molecule is OC[C@@H]1O[C@H](O[C@@H]2[C@@H](O)[C@@H](O)[C@H](O[C@H]3[C@@H](O)[C@@H](O)[C@@H](O)O[C@@H]3CO)O[C@@H]2CO)[C@@H](O)[C@H](O)[C@H]1O. The second-order valence-electron chi connectivity index (χ2n) is 8.33. The van der Waals surface area contributed by atoms with Crippen LogP contribution in [0.2, 0.25) is 0 Å². The van der Waals surface area contributed by atoms with Crippen molar-refractivity contribution in [2.24, 2.45) is 0 Å². The molecule has 0 bridgehead atoms. The summed E-state index contributed by atoms with van der Waals surface area (Å²) < 4.78 is 26.4. The quantitative estimate of drug-likeness (QED) is 0.154. The Hall–Kier alpha value is -0.640. The van der Waals surface area contributed by atoms with E-state index in [-0.39, 0.29) is 0 Å². The van der Waals surface area contributed by atoms with Crippen LogP contribution < -0.4 is 0 Å². The summed E-state index contributed by atoms with van der Waals surface area (Å²) in [4.78, 5) is 0. The van der Waals surface area contributed by atoms with Crippen molar-refractivity contribution in [1.29, 1.82) is 0 Å². The molecule has 34 heavy (non-hydrogen) atoms. The van der Waals surface area contributed by atoms with E-state index >= 15 is 0 Å². The zero-order valence-corrected chi connectivity index (χ0v) is 17.7. The summed E-state index contributed by atoms with van der Waals surface area (Å²) in [6, 6.07) is 0. The van der Waals surface area contributed by atoms with Crippen LogP contribution in [0.3, 0.4) is 0 Å². The maximum atomic E-state index is 10.6. The Balaban J connectivity index is 1.72. The highest BCUT2D eigenvalue weighted by Gasteiger charge is 2.53. The molecule has 0 aromatic carbocycles. The van der Waals surface area contributed by atoms with Crippen LogP contribution in [-0.4, -0.2) is 168 Å². The minimum atomic E-state index is -1.91. The molecular weight excluding hydrogens is 472 g/mol. The lowest BCUT2D eigenvalue weighted by molar-refractivity contribution is -0.377. The van der Waals surface area contributed by atoms with Gasteiger partial charge in [-0.05, 0) is 0 Å². The van der Waals surface area contributed by atoms with Crippen LogP contribution in [-0.2, 0) is 23.7 Å². The average molecular weight is 504 g/mol. The topological polar surface area (TPSA) is 269 Å². The largest absolute Gasteiger partial charge is 0.394 e. The van der Waals surface area contributed by atoms with Crippen molar-refractivity contribution in [2.75, 3.05) is 19.8 Å². The lowest BCUT2D eigenvalue weighted by Crippen LogP contribution is -2.66. The maximum Gasteiger partial charge on any atom is 0.187 e. The normalized spacial score (nSPS) is 52.5. The van der Waals surface area contributed by atoms with Crippen molar-refractivity contribution in [3.05, 3.63) is 0 Å². The summed E-state index contributed by atoms with van der Waals surface area (Å²) in [5.41, 5.74) is 0. The van der Waals surface area contributed by atoms with Gasteiger partial charge >= 0.3 is 0 Å². The van der Waals surface area contributed by atoms with Crippen molar-refractivity contribution in [2.45, 2.75) is 92.1 Å². The number of hydrogen-bond acceptors (Lipinski definition) is 16. The molecule has 0 unspecified atom stereocenters. The van der Waals surface area contributed by atoms with Gasteiger partial charge in [0, 0.05) is 0 Å². The Morgan fingerprint density at radius 3 is 1.35 bits per heavy atom. The molecule has 0 aliphatic carbocycles. The lowest BCUT2D eigenvalue weighted by atomic mass is 9.96. The predicted octanol–water partition coefficient (Wildman–Crippen LogP) is -7.57. The van der Waals surface area contributed by atoms with E-state index in [1.54, 1.807) is 0 Å². The van der Waals surface area contributed by atoms with Crippen LogP contribution in [0.5, 0.6) is 0 Å². The maximum absolute atomic E-state index is 10.6. The fraction of sp³-hybridized carbons (Fsp3) is 1.00. The molecule has 0 saturated carbocycles. The smallest absolute Gasteiger partial charge is 0.187 e. The van der Waals surface area contributed by atoms with Crippen molar-refractivity contribution in [1.82, 2.24) is 0 Å². The third kappa shape index (κ3) is 5.37. The third-order valence-electron chi connectivity index (χ3n) is 6.09. The van der Waals surface area contributed by atoms with Crippen molar-refractivity contribution in [3.8, 4) is 0 Å². The molecule has 200 valence electrons. The highest BCUT2D eigenvalue weighted by Crippen LogP contribution is 2.32. The van der Waals surface area contributed by atoms with Gasteiger partial charge in [-0.25, -0.2) is 0 Å². The van der Waals surface area contributed by atoms with E-state index in [2.05, 4.69) is 0 Å². The van der Waals surface area contributed by atoms with E-state index in [1.165, 1.54) is 0 Å². The predicted molar refractivity (Wildman–Crippen MR) is 101 cm³/mol. The van der Waals surface area contributed by atoms with E-state index in [4.69, 9.17) is 23.7 Å². The molecule has 3 aliphatic heterocycles. The van der Waals surface area contributed by atoms with E-state index < -0.39 is 112 Å². The second kappa shape index (κ2) is 11.6. The average Bonchev–Trinajstić information content (AvgIpc) is 2.83. The van der Waals surface area contributed by atoms with Crippen molar-refractivity contribution < 1.29 is 79.9 Å². The Morgan fingerprint density at radius 2 is 0.853 bits per heavy atom. The van der Waals surface area contributed by atoms with E-state index in [0.717, 1.165) is 0 Å². The highest BCUT2D eigenvalue weighted by atomic mass is 16.8. The lowest BCUT2D eigenvalue weighted by Gasteiger charge is -2.47. The third-order valence-corrected chi connectivity index (χ3v) is 6.09. The van der Waals surface area contributed by atoms with Crippen molar-refractivity contribution in [3.63, 3.8) is 0 Å². The Kier molecular flexibility index (Phi) is 9.54. The Morgan fingerprint density at radius 1 is 0.441 bits per heavy atom. The first-order valence-corrected chi connectivity index (χ1v) is 10.6. The summed E-state index contributed by atoms with van der Waals surface area (Å²) in [6.45, 7) is -2.32. The highest BCUT2D eigenvalue weighted by molar-refractivity contribution is 4.96.